The zero-order valence-corrected chi connectivity index (χ0v) is 12.9. The topological polar surface area (TPSA) is 89.9 Å². The number of rotatable bonds is 8. The first-order chi connectivity index (χ1) is 10.1. The molecular weight excluding hydrogens is 272 g/mol. The number of likely N-dealkylation sites (tertiary alicyclic amines) is 1. The Balaban J connectivity index is 2.29. The van der Waals surface area contributed by atoms with Gasteiger partial charge in [0, 0.05) is 19.5 Å². The normalized spacial score (nSPS) is 20.1. The lowest BCUT2D eigenvalue weighted by atomic mass is 9.97. The van der Waals surface area contributed by atoms with E-state index in [9.17, 15) is 14.7 Å². The highest BCUT2D eigenvalue weighted by Gasteiger charge is 2.25. The average Bonchev–Trinajstić information content (AvgIpc) is 2.50. The Labute approximate surface area is 126 Å². The molecule has 0 spiro atoms. The summed E-state index contributed by atoms with van der Waals surface area (Å²) in [5.41, 5.74) is 0. The van der Waals surface area contributed by atoms with Gasteiger partial charge in [0.1, 0.15) is 0 Å². The molecule has 3 N–H and O–H groups in total. The summed E-state index contributed by atoms with van der Waals surface area (Å²) >= 11 is 0. The van der Waals surface area contributed by atoms with E-state index in [0.29, 0.717) is 25.4 Å². The van der Waals surface area contributed by atoms with Gasteiger partial charge in [-0.05, 0) is 38.0 Å². The summed E-state index contributed by atoms with van der Waals surface area (Å²) in [6, 6.07) is -0.172. The fraction of sp³-hybridized carbons (Fsp3) is 0.867. The van der Waals surface area contributed by atoms with Crippen LogP contribution < -0.4 is 5.32 Å². The first kappa shape index (κ1) is 17.8. The lowest BCUT2D eigenvalue weighted by molar-refractivity contribution is -0.137. The van der Waals surface area contributed by atoms with Crippen molar-refractivity contribution in [2.75, 3.05) is 19.7 Å². The Kier molecular flexibility index (Phi) is 8.12. The Hall–Kier alpha value is -1.30. The molecule has 6 heteroatoms. The van der Waals surface area contributed by atoms with E-state index >= 15 is 0 Å². The second-order valence-electron chi connectivity index (χ2n) is 5.75. The molecule has 0 aliphatic carbocycles. The van der Waals surface area contributed by atoms with E-state index in [1.807, 2.05) is 6.92 Å². The van der Waals surface area contributed by atoms with Gasteiger partial charge in [0.05, 0.1) is 12.6 Å². The van der Waals surface area contributed by atoms with Crippen LogP contribution in [0.15, 0.2) is 0 Å². The van der Waals surface area contributed by atoms with E-state index in [2.05, 4.69) is 5.32 Å². The number of amides is 2. The Morgan fingerprint density at radius 1 is 1.33 bits per heavy atom. The van der Waals surface area contributed by atoms with E-state index in [1.165, 1.54) is 0 Å². The second kappa shape index (κ2) is 9.60. The van der Waals surface area contributed by atoms with Gasteiger partial charge in [-0.1, -0.05) is 13.3 Å². The van der Waals surface area contributed by atoms with E-state index in [1.54, 1.807) is 4.90 Å². The van der Waals surface area contributed by atoms with Crippen LogP contribution in [-0.4, -0.2) is 52.9 Å². The van der Waals surface area contributed by atoms with Crippen LogP contribution in [0.25, 0.3) is 0 Å². The van der Waals surface area contributed by atoms with E-state index in [0.717, 1.165) is 32.1 Å². The van der Waals surface area contributed by atoms with Crippen LogP contribution in [-0.2, 0) is 4.79 Å². The van der Waals surface area contributed by atoms with Gasteiger partial charge in [0.2, 0.25) is 0 Å². The third kappa shape index (κ3) is 6.33. The number of nitrogens with one attached hydrogen (secondary N) is 1. The number of carbonyl (C=O) groups excluding carboxylic acids is 1. The predicted octanol–water partition coefficient (Wildman–Crippen LogP) is 1.82. The molecule has 0 aromatic rings. The molecular formula is C15H28N2O4. The van der Waals surface area contributed by atoms with Crippen molar-refractivity contribution >= 4 is 12.0 Å². The highest BCUT2D eigenvalue weighted by Crippen LogP contribution is 2.17. The molecule has 0 radical (unpaired) electrons. The van der Waals surface area contributed by atoms with Gasteiger partial charge in [-0.2, -0.15) is 0 Å². The Bertz CT molecular complexity index is 336. The molecule has 0 aromatic heterocycles. The number of piperidine rings is 1. The van der Waals surface area contributed by atoms with Gasteiger partial charge in [0.15, 0.2) is 0 Å². The van der Waals surface area contributed by atoms with Crippen LogP contribution in [0, 0.1) is 5.92 Å². The van der Waals surface area contributed by atoms with E-state index in [4.69, 9.17) is 5.11 Å². The SMILES string of the molecule is CCC(CCNC(=O)N1CCCCC1CO)CCC(=O)O. The molecule has 0 aromatic carbocycles. The summed E-state index contributed by atoms with van der Waals surface area (Å²) in [7, 11) is 0. The predicted molar refractivity (Wildman–Crippen MR) is 80.1 cm³/mol. The number of aliphatic hydroxyl groups is 1. The highest BCUT2D eigenvalue weighted by molar-refractivity contribution is 5.74. The minimum atomic E-state index is -0.767. The van der Waals surface area contributed by atoms with Gasteiger partial charge in [-0.15, -0.1) is 0 Å². The summed E-state index contributed by atoms with van der Waals surface area (Å²) in [6.45, 7) is 3.32. The maximum atomic E-state index is 12.1. The van der Waals surface area contributed by atoms with Crippen LogP contribution in [0.1, 0.15) is 51.9 Å². The van der Waals surface area contributed by atoms with Crippen molar-refractivity contribution in [3.8, 4) is 0 Å². The largest absolute Gasteiger partial charge is 0.481 e. The first-order valence-electron chi connectivity index (χ1n) is 7.95. The molecule has 1 fully saturated rings. The standard InChI is InChI=1S/C15H28N2O4/c1-2-12(6-7-14(19)20)8-9-16-15(21)17-10-4-3-5-13(17)11-18/h12-13,18H,2-11H2,1H3,(H,16,21)(H,19,20). The number of urea groups is 1. The number of carboxylic acids is 1. The highest BCUT2D eigenvalue weighted by atomic mass is 16.4. The fourth-order valence-electron chi connectivity index (χ4n) is 2.82. The minimum Gasteiger partial charge on any atom is -0.481 e. The fourth-order valence-corrected chi connectivity index (χ4v) is 2.82. The number of carbonyl (C=O) groups is 2. The summed E-state index contributed by atoms with van der Waals surface area (Å²) in [4.78, 5) is 24.4. The van der Waals surface area contributed by atoms with Gasteiger partial charge in [-0.3, -0.25) is 4.79 Å². The minimum absolute atomic E-state index is 0.0175. The number of hydrogen-bond donors (Lipinski definition) is 3. The first-order valence-corrected chi connectivity index (χ1v) is 7.95. The summed E-state index contributed by atoms with van der Waals surface area (Å²) < 4.78 is 0. The van der Waals surface area contributed by atoms with Gasteiger partial charge in [-0.25, -0.2) is 4.79 Å². The number of carboxylic acid groups (broad SMARTS) is 1. The van der Waals surface area contributed by atoms with Crippen molar-refractivity contribution in [3.05, 3.63) is 0 Å². The second-order valence-corrected chi connectivity index (χ2v) is 5.75. The summed E-state index contributed by atoms with van der Waals surface area (Å²) in [5.74, 6) is -0.437. The lowest BCUT2D eigenvalue weighted by Crippen LogP contribution is -2.50. The number of aliphatic carboxylic acids is 1. The third-order valence-electron chi connectivity index (χ3n) is 4.27. The van der Waals surface area contributed by atoms with Crippen molar-refractivity contribution in [2.45, 2.75) is 57.9 Å². The maximum absolute atomic E-state index is 12.1. The molecule has 21 heavy (non-hydrogen) atoms. The molecule has 1 aliphatic rings. The van der Waals surface area contributed by atoms with Crippen molar-refractivity contribution in [1.82, 2.24) is 10.2 Å². The molecule has 1 saturated heterocycles. The summed E-state index contributed by atoms with van der Waals surface area (Å²) in [6.07, 6.45) is 5.47. The monoisotopic (exact) mass is 300 g/mol. The van der Waals surface area contributed by atoms with Crippen LogP contribution in [0.3, 0.4) is 0 Å². The van der Waals surface area contributed by atoms with Gasteiger partial charge in [0.25, 0.3) is 0 Å². The maximum Gasteiger partial charge on any atom is 0.317 e. The van der Waals surface area contributed by atoms with Gasteiger partial charge >= 0.3 is 12.0 Å². The van der Waals surface area contributed by atoms with E-state index < -0.39 is 5.97 Å². The number of nitrogens with zero attached hydrogens (tertiary/aromatic N) is 1. The molecule has 0 saturated carbocycles. The van der Waals surface area contributed by atoms with Crippen molar-refractivity contribution in [2.24, 2.45) is 5.92 Å². The smallest absolute Gasteiger partial charge is 0.317 e. The number of hydrogen-bond acceptors (Lipinski definition) is 3. The average molecular weight is 300 g/mol. The third-order valence-corrected chi connectivity index (χ3v) is 4.27. The quantitative estimate of drug-likeness (QED) is 0.638. The van der Waals surface area contributed by atoms with Crippen LogP contribution in [0.2, 0.25) is 0 Å². The molecule has 1 heterocycles. The molecule has 2 unspecified atom stereocenters. The Morgan fingerprint density at radius 2 is 2.10 bits per heavy atom. The Morgan fingerprint density at radius 3 is 2.71 bits per heavy atom. The van der Waals surface area contributed by atoms with Crippen molar-refractivity contribution in [1.29, 1.82) is 0 Å². The molecule has 2 atom stereocenters. The molecule has 1 aliphatic heterocycles. The van der Waals surface area contributed by atoms with Crippen LogP contribution in [0.4, 0.5) is 4.79 Å². The summed E-state index contributed by atoms with van der Waals surface area (Å²) in [5, 5.41) is 20.9. The van der Waals surface area contributed by atoms with Crippen molar-refractivity contribution in [3.63, 3.8) is 0 Å². The zero-order valence-electron chi connectivity index (χ0n) is 12.9. The number of aliphatic hydroxyl groups excluding tert-OH is 1. The zero-order chi connectivity index (χ0) is 15.7. The molecule has 0 bridgehead atoms. The van der Waals surface area contributed by atoms with Crippen LogP contribution >= 0.6 is 0 Å². The lowest BCUT2D eigenvalue weighted by Gasteiger charge is -2.34. The van der Waals surface area contributed by atoms with Crippen molar-refractivity contribution < 1.29 is 19.8 Å². The van der Waals surface area contributed by atoms with Crippen LogP contribution in [0.5, 0.6) is 0 Å². The molecule has 2 amide bonds. The molecule has 1 rings (SSSR count). The molecule has 122 valence electrons. The molecule has 6 nitrogen and oxygen atoms in total. The van der Waals surface area contributed by atoms with E-state index in [-0.39, 0.29) is 25.1 Å². The van der Waals surface area contributed by atoms with Gasteiger partial charge < -0.3 is 20.4 Å².